The van der Waals surface area contributed by atoms with Crippen molar-refractivity contribution >= 4 is 16.7 Å². The molecule has 0 spiro atoms. The number of nitrogen functional groups attached to an aromatic ring is 1. The third kappa shape index (κ3) is 2.10. The molecule has 0 unspecified atom stereocenters. The Labute approximate surface area is 110 Å². The van der Waals surface area contributed by atoms with Crippen molar-refractivity contribution in [2.75, 3.05) is 5.73 Å². The number of nitrogens with two attached hydrogens (primary N) is 1. The summed E-state index contributed by atoms with van der Waals surface area (Å²) in [5, 5.41) is 0.610. The Hall–Kier alpha value is -2.55. The Morgan fingerprint density at radius 2 is 1.74 bits per heavy atom. The van der Waals surface area contributed by atoms with Crippen molar-refractivity contribution in [3.8, 4) is 11.3 Å². The van der Waals surface area contributed by atoms with Crippen molar-refractivity contribution < 1.29 is 4.42 Å². The summed E-state index contributed by atoms with van der Waals surface area (Å²) in [5.74, 6) is 0.557. The zero-order valence-corrected chi connectivity index (χ0v) is 10.5. The summed E-state index contributed by atoms with van der Waals surface area (Å²) in [6.07, 6.45) is 0. The summed E-state index contributed by atoms with van der Waals surface area (Å²) >= 11 is 0. The summed E-state index contributed by atoms with van der Waals surface area (Å²) in [6, 6.07) is 14.4. The molecule has 0 bridgehead atoms. The fourth-order valence-electron chi connectivity index (χ4n) is 2.06. The summed E-state index contributed by atoms with van der Waals surface area (Å²) in [4.78, 5) is 12.1. The highest BCUT2D eigenvalue weighted by molar-refractivity contribution is 5.79. The molecule has 0 aliphatic carbocycles. The van der Waals surface area contributed by atoms with Gasteiger partial charge in [-0.1, -0.05) is 11.6 Å². The van der Waals surface area contributed by atoms with Crippen LogP contribution in [0.4, 0.5) is 5.69 Å². The SMILES string of the molecule is Cc1ccc2oc(-c3ccc(N)cc3)cc(=O)c2c1. The van der Waals surface area contributed by atoms with Crippen LogP contribution in [0.2, 0.25) is 0 Å². The van der Waals surface area contributed by atoms with E-state index in [9.17, 15) is 4.79 Å². The van der Waals surface area contributed by atoms with Gasteiger partial charge in [0.1, 0.15) is 11.3 Å². The molecule has 0 aliphatic rings. The topological polar surface area (TPSA) is 56.2 Å². The monoisotopic (exact) mass is 251 g/mol. The molecule has 1 aromatic heterocycles. The lowest BCUT2D eigenvalue weighted by atomic mass is 10.1. The van der Waals surface area contributed by atoms with E-state index >= 15 is 0 Å². The Balaban J connectivity index is 2.24. The van der Waals surface area contributed by atoms with Crippen molar-refractivity contribution in [1.29, 1.82) is 0 Å². The minimum absolute atomic E-state index is 0.0308. The maximum absolute atomic E-state index is 12.1. The molecule has 0 aliphatic heterocycles. The molecule has 0 fully saturated rings. The zero-order valence-electron chi connectivity index (χ0n) is 10.5. The summed E-state index contributed by atoms with van der Waals surface area (Å²) in [6.45, 7) is 1.95. The van der Waals surface area contributed by atoms with Crippen molar-refractivity contribution in [3.05, 3.63) is 64.3 Å². The minimum atomic E-state index is -0.0308. The van der Waals surface area contributed by atoms with Crippen LogP contribution in [-0.4, -0.2) is 0 Å². The first-order chi connectivity index (χ1) is 9.13. The summed E-state index contributed by atoms with van der Waals surface area (Å²) < 4.78 is 5.78. The lowest BCUT2D eigenvalue weighted by Crippen LogP contribution is -2.00. The number of rotatable bonds is 1. The van der Waals surface area contributed by atoms with E-state index in [1.54, 1.807) is 12.1 Å². The third-order valence-corrected chi connectivity index (χ3v) is 3.08. The molecular weight excluding hydrogens is 238 g/mol. The molecule has 0 amide bonds. The van der Waals surface area contributed by atoms with E-state index in [4.69, 9.17) is 10.2 Å². The quantitative estimate of drug-likeness (QED) is 0.675. The molecule has 3 rings (SSSR count). The molecule has 3 aromatic rings. The maximum Gasteiger partial charge on any atom is 0.193 e. The highest BCUT2D eigenvalue weighted by Crippen LogP contribution is 2.23. The molecular formula is C16H13NO2. The second kappa shape index (κ2) is 4.28. The molecule has 0 saturated carbocycles. The van der Waals surface area contributed by atoms with E-state index < -0.39 is 0 Å². The fraction of sp³-hybridized carbons (Fsp3) is 0.0625. The highest BCUT2D eigenvalue weighted by Gasteiger charge is 2.06. The van der Waals surface area contributed by atoms with Crippen molar-refractivity contribution in [3.63, 3.8) is 0 Å². The first kappa shape index (κ1) is 11.5. The number of fused-ring (bicyclic) bond motifs is 1. The third-order valence-electron chi connectivity index (χ3n) is 3.08. The normalized spacial score (nSPS) is 10.8. The van der Waals surface area contributed by atoms with Gasteiger partial charge in [0.05, 0.1) is 5.39 Å². The van der Waals surface area contributed by atoms with Gasteiger partial charge >= 0.3 is 0 Å². The van der Waals surface area contributed by atoms with Gasteiger partial charge in [0, 0.05) is 17.3 Å². The van der Waals surface area contributed by atoms with Gasteiger partial charge < -0.3 is 10.2 Å². The summed E-state index contributed by atoms with van der Waals surface area (Å²) in [5.41, 5.74) is 8.79. The van der Waals surface area contributed by atoms with Crippen LogP contribution in [-0.2, 0) is 0 Å². The van der Waals surface area contributed by atoms with E-state index in [0.29, 0.717) is 22.4 Å². The zero-order chi connectivity index (χ0) is 13.4. The lowest BCUT2D eigenvalue weighted by Gasteiger charge is -2.04. The molecule has 2 N–H and O–H groups in total. The van der Waals surface area contributed by atoms with Gasteiger partial charge in [-0.25, -0.2) is 0 Å². The van der Waals surface area contributed by atoms with Gasteiger partial charge in [0.2, 0.25) is 0 Å². The Morgan fingerprint density at radius 1 is 1.00 bits per heavy atom. The van der Waals surface area contributed by atoms with E-state index in [2.05, 4.69) is 0 Å². The standard InChI is InChI=1S/C16H13NO2/c1-10-2-7-15-13(8-10)14(18)9-16(19-15)11-3-5-12(17)6-4-11/h2-9H,17H2,1H3. The van der Waals surface area contributed by atoms with Crippen LogP contribution in [0.5, 0.6) is 0 Å². The smallest absolute Gasteiger partial charge is 0.193 e. The number of hydrogen-bond acceptors (Lipinski definition) is 3. The molecule has 2 aromatic carbocycles. The molecule has 0 atom stereocenters. The maximum atomic E-state index is 12.1. The van der Waals surface area contributed by atoms with Crippen LogP contribution in [0, 0.1) is 6.92 Å². The second-order valence-electron chi connectivity index (χ2n) is 4.60. The van der Waals surface area contributed by atoms with Gasteiger partial charge in [0.15, 0.2) is 5.43 Å². The average Bonchev–Trinajstić information content (AvgIpc) is 2.40. The van der Waals surface area contributed by atoms with Crippen LogP contribution >= 0.6 is 0 Å². The van der Waals surface area contributed by atoms with Crippen LogP contribution in [0.15, 0.2) is 57.7 Å². The first-order valence-electron chi connectivity index (χ1n) is 6.04. The predicted octanol–water partition coefficient (Wildman–Crippen LogP) is 3.35. The second-order valence-corrected chi connectivity index (χ2v) is 4.60. The van der Waals surface area contributed by atoms with Crippen molar-refractivity contribution in [2.24, 2.45) is 0 Å². The molecule has 19 heavy (non-hydrogen) atoms. The summed E-state index contributed by atoms with van der Waals surface area (Å²) in [7, 11) is 0. The number of benzene rings is 2. The van der Waals surface area contributed by atoms with Crippen LogP contribution in [0.25, 0.3) is 22.3 Å². The molecule has 3 nitrogen and oxygen atoms in total. The minimum Gasteiger partial charge on any atom is -0.456 e. The highest BCUT2D eigenvalue weighted by atomic mass is 16.3. The van der Waals surface area contributed by atoms with Gasteiger partial charge in [-0.05, 0) is 43.3 Å². The van der Waals surface area contributed by atoms with Gasteiger partial charge in [-0.15, -0.1) is 0 Å². The van der Waals surface area contributed by atoms with Gasteiger partial charge in [0.25, 0.3) is 0 Å². The van der Waals surface area contributed by atoms with Crippen molar-refractivity contribution in [2.45, 2.75) is 6.92 Å². The van der Waals surface area contributed by atoms with Crippen LogP contribution in [0.3, 0.4) is 0 Å². The number of anilines is 1. The van der Waals surface area contributed by atoms with E-state index in [-0.39, 0.29) is 5.43 Å². The average molecular weight is 251 g/mol. The predicted molar refractivity (Wildman–Crippen MR) is 77.1 cm³/mol. The van der Waals surface area contributed by atoms with E-state index in [1.807, 2.05) is 37.3 Å². The van der Waals surface area contributed by atoms with Gasteiger partial charge in [-0.2, -0.15) is 0 Å². The van der Waals surface area contributed by atoms with E-state index in [1.165, 1.54) is 6.07 Å². The molecule has 1 heterocycles. The molecule has 94 valence electrons. The van der Waals surface area contributed by atoms with Crippen molar-refractivity contribution in [1.82, 2.24) is 0 Å². The molecule has 0 radical (unpaired) electrons. The first-order valence-corrected chi connectivity index (χ1v) is 6.04. The largest absolute Gasteiger partial charge is 0.456 e. The lowest BCUT2D eigenvalue weighted by molar-refractivity contribution is 0.619. The van der Waals surface area contributed by atoms with Crippen LogP contribution < -0.4 is 11.2 Å². The Kier molecular flexibility index (Phi) is 2.60. The van der Waals surface area contributed by atoms with Gasteiger partial charge in [-0.3, -0.25) is 4.79 Å². The Morgan fingerprint density at radius 3 is 2.47 bits per heavy atom. The number of aryl methyl sites for hydroxylation is 1. The van der Waals surface area contributed by atoms with E-state index in [0.717, 1.165) is 11.1 Å². The number of hydrogen-bond donors (Lipinski definition) is 1. The molecule has 3 heteroatoms. The van der Waals surface area contributed by atoms with Crippen LogP contribution in [0.1, 0.15) is 5.56 Å². The fourth-order valence-corrected chi connectivity index (χ4v) is 2.06. The Bertz CT molecular complexity index is 801. The molecule has 0 saturated heterocycles.